The Hall–Kier alpha value is -3.02. The van der Waals surface area contributed by atoms with Gasteiger partial charge in [0.05, 0.1) is 0 Å². The van der Waals surface area contributed by atoms with Crippen LogP contribution in [0.2, 0.25) is 0 Å². The van der Waals surface area contributed by atoms with Gasteiger partial charge in [-0.3, -0.25) is 4.79 Å². The molecule has 6 heteroatoms. The van der Waals surface area contributed by atoms with Crippen molar-refractivity contribution in [3.05, 3.63) is 71.0 Å². The third kappa shape index (κ3) is 3.65. The normalized spacial score (nSPS) is 11.9. The van der Waals surface area contributed by atoms with Crippen LogP contribution in [0.1, 0.15) is 28.4 Å². The molecule has 6 nitrogen and oxygen atoms in total. The van der Waals surface area contributed by atoms with Crippen molar-refractivity contribution in [2.75, 3.05) is 5.32 Å². The molecule has 1 atom stereocenters. The lowest BCUT2D eigenvalue weighted by Gasteiger charge is -2.15. The van der Waals surface area contributed by atoms with Gasteiger partial charge in [-0.05, 0) is 43.5 Å². The molecule has 1 aromatic heterocycles. The fourth-order valence-electron chi connectivity index (χ4n) is 2.54. The Bertz CT molecular complexity index is 812. The third-order valence-electron chi connectivity index (χ3n) is 3.99. The largest absolute Gasteiger partial charge is 0.325 e. The Labute approximate surface area is 140 Å². The minimum absolute atomic E-state index is 0.150. The van der Waals surface area contributed by atoms with Gasteiger partial charge in [0.2, 0.25) is 5.91 Å². The summed E-state index contributed by atoms with van der Waals surface area (Å²) in [5.41, 5.74) is 4.12. The molecule has 0 fully saturated rings. The maximum atomic E-state index is 12.8. The summed E-state index contributed by atoms with van der Waals surface area (Å²) in [6.07, 6.45) is 0.518. The van der Waals surface area contributed by atoms with E-state index in [9.17, 15) is 4.79 Å². The molecule has 1 amide bonds. The number of aromatic amines is 1. The van der Waals surface area contributed by atoms with Gasteiger partial charge in [-0.15, -0.1) is 10.2 Å². The van der Waals surface area contributed by atoms with Crippen molar-refractivity contribution in [3.63, 3.8) is 0 Å². The number of nitrogens with zero attached hydrogens (tertiary/aromatic N) is 3. The number of rotatable bonds is 5. The number of carbonyl (C=O) groups is 1. The first kappa shape index (κ1) is 15.9. The van der Waals surface area contributed by atoms with E-state index in [2.05, 4.69) is 25.9 Å². The van der Waals surface area contributed by atoms with Crippen LogP contribution in [0.3, 0.4) is 0 Å². The average Bonchev–Trinajstić information content (AvgIpc) is 3.10. The van der Waals surface area contributed by atoms with Gasteiger partial charge in [-0.25, -0.2) is 0 Å². The summed E-state index contributed by atoms with van der Waals surface area (Å²) in [5, 5.41) is 17.0. The maximum absolute atomic E-state index is 12.8. The molecule has 3 aromatic rings. The molecule has 0 bridgehead atoms. The van der Waals surface area contributed by atoms with Crippen LogP contribution in [0.25, 0.3) is 0 Å². The van der Waals surface area contributed by atoms with Gasteiger partial charge in [-0.2, -0.15) is 5.21 Å². The van der Waals surface area contributed by atoms with E-state index >= 15 is 0 Å². The van der Waals surface area contributed by atoms with E-state index in [4.69, 9.17) is 0 Å². The average molecular weight is 321 g/mol. The number of hydrogen-bond acceptors (Lipinski definition) is 4. The van der Waals surface area contributed by atoms with Gasteiger partial charge >= 0.3 is 0 Å². The van der Waals surface area contributed by atoms with Crippen molar-refractivity contribution in [1.29, 1.82) is 0 Å². The molecule has 24 heavy (non-hydrogen) atoms. The summed E-state index contributed by atoms with van der Waals surface area (Å²) in [4.78, 5) is 12.8. The van der Waals surface area contributed by atoms with Gasteiger partial charge in [0.1, 0.15) is 5.92 Å². The highest BCUT2D eigenvalue weighted by Gasteiger charge is 2.26. The van der Waals surface area contributed by atoms with Crippen molar-refractivity contribution >= 4 is 11.6 Å². The van der Waals surface area contributed by atoms with E-state index in [1.54, 1.807) is 0 Å². The van der Waals surface area contributed by atoms with Crippen LogP contribution in [0, 0.1) is 13.8 Å². The second-order valence-electron chi connectivity index (χ2n) is 5.81. The van der Waals surface area contributed by atoms with E-state index in [0.717, 1.165) is 22.4 Å². The monoisotopic (exact) mass is 321 g/mol. The topological polar surface area (TPSA) is 83.6 Å². The number of benzene rings is 2. The molecule has 2 aromatic carbocycles. The smallest absolute Gasteiger partial charge is 0.235 e. The SMILES string of the molecule is Cc1ccc(NC(=O)C(Cc2ccccc2C)c2nn[nH]n2)cc1. The number of amides is 1. The molecule has 0 radical (unpaired) electrons. The molecule has 0 aliphatic carbocycles. The summed E-state index contributed by atoms with van der Waals surface area (Å²) < 4.78 is 0. The lowest BCUT2D eigenvalue weighted by molar-refractivity contribution is -0.117. The van der Waals surface area contributed by atoms with Crippen molar-refractivity contribution in [2.24, 2.45) is 0 Å². The molecular weight excluding hydrogens is 302 g/mol. The van der Waals surface area contributed by atoms with Gasteiger partial charge in [0.15, 0.2) is 5.82 Å². The van der Waals surface area contributed by atoms with E-state index in [1.807, 2.05) is 62.4 Å². The number of anilines is 1. The molecule has 0 saturated carbocycles. The maximum Gasteiger partial charge on any atom is 0.235 e. The van der Waals surface area contributed by atoms with E-state index in [-0.39, 0.29) is 5.91 Å². The number of H-pyrrole nitrogens is 1. The van der Waals surface area contributed by atoms with E-state index in [0.29, 0.717) is 12.2 Å². The van der Waals surface area contributed by atoms with Crippen LogP contribution in [-0.2, 0) is 11.2 Å². The molecule has 2 N–H and O–H groups in total. The highest BCUT2D eigenvalue weighted by atomic mass is 16.1. The molecule has 1 unspecified atom stereocenters. The Kier molecular flexibility index (Phi) is 4.65. The van der Waals surface area contributed by atoms with Gasteiger partial charge in [0, 0.05) is 5.69 Å². The van der Waals surface area contributed by atoms with Crippen LogP contribution >= 0.6 is 0 Å². The quantitative estimate of drug-likeness (QED) is 0.757. The zero-order valence-electron chi connectivity index (χ0n) is 13.7. The first-order valence-corrected chi connectivity index (χ1v) is 7.79. The van der Waals surface area contributed by atoms with Crippen molar-refractivity contribution in [2.45, 2.75) is 26.2 Å². The van der Waals surface area contributed by atoms with Crippen molar-refractivity contribution in [3.8, 4) is 0 Å². The molecule has 0 aliphatic rings. The van der Waals surface area contributed by atoms with Crippen molar-refractivity contribution in [1.82, 2.24) is 20.6 Å². The number of aromatic nitrogens is 4. The summed E-state index contributed by atoms with van der Waals surface area (Å²) in [5.74, 6) is -0.266. The predicted octanol–water partition coefficient (Wildman–Crippen LogP) is 2.78. The standard InChI is InChI=1S/C18H19N5O/c1-12-7-9-15(10-8-12)19-18(24)16(17-20-22-23-21-17)11-14-6-4-3-5-13(14)2/h3-10,16H,11H2,1-2H3,(H,19,24)(H,20,21,22,23). The number of tetrazole rings is 1. The van der Waals surface area contributed by atoms with E-state index in [1.165, 1.54) is 0 Å². The minimum Gasteiger partial charge on any atom is -0.325 e. The Balaban J connectivity index is 1.83. The Morgan fingerprint density at radius 1 is 1.12 bits per heavy atom. The Morgan fingerprint density at radius 3 is 2.54 bits per heavy atom. The summed E-state index contributed by atoms with van der Waals surface area (Å²) in [7, 11) is 0. The number of nitrogens with one attached hydrogen (secondary N) is 2. The highest BCUT2D eigenvalue weighted by Crippen LogP contribution is 2.22. The fraction of sp³-hybridized carbons (Fsp3) is 0.222. The highest BCUT2D eigenvalue weighted by molar-refractivity contribution is 5.95. The zero-order chi connectivity index (χ0) is 16.9. The van der Waals surface area contributed by atoms with Crippen LogP contribution in [-0.4, -0.2) is 26.5 Å². The molecule has 0 spiro atoms. The Morgan fingerprint density at radius 2 is 1.88 bits per heavy atom. The summed E-state index contributed by atoms with van der Waals surface area (Å²) >= 11 is 0. The zero-order valence-corrected chi connectivity index (χ0v) is 13.7. The van der Waals surface area contributed by atoms with Gasteiger partial charge in [-0.1, -0.05) is 47.2 Å². The number of aryl methyl sites for hydroxylation is 2. The molecular formula is C18H19N5O. The first-order valence-electron chi connectivity index (χ1n) is 7.79. The van der Waals surface area contributed by atoms with Crippen LogP contribution in [0.4, 0.5) is 5.69 Å². The molecule has 122 valence electrons. The predicted molar refractivity (Wildman–Crippen MR) is 91.6 cm³/mol. The fourth-order valence-corrected chi connectivity index (χ4v) is 2.54. The molecule has 0 aliphatic heterocycles. The van der Waals surface area contributed by atoms with Crippen molar-refractivity contribution < 1.29 is 4.79 Å². The van der Waals surface area contributed by atoms with Gasteiger partial charge < -0.3 is 5.32 Å². The second kappa shape index (κ2) is 7.04. The molecule has 3 rings (SSSR count). The van der Waals surface area contributed by atoms with Gasteiger partial charge in [0.25, 0.3) is 0 Å². The summed E-state index contributed by atoms with van der Waals surface area (Å²) in [6.45, 7) is 4.03. The first-order chi connectivity index (χ1) is 11.6. The lowest BCUT2D eigenvalue weighted by atomic mass is 9.94. The number of hydrogen-bond donors (Lipinski definition) is 2. The van der Waals surface area contributed by atoms with Crippen LogP contribution in [0.15, 0.2) is 48.5 Å². The summed E-state index contributed by atoms with van der Waals surface area (Å²) in [6, 6.07) is 15.7. The molecule has 0 saturated heterocycles. The third-order valence-corrected chi connectivity index (χ3v) is 3.99. The van der Waals surface area contributed by atoms with E-state index < -0.39 is 5.92 Å². The lowest BCUT2D eigenvalue weighted by Crippen LogP contribution is -2.24. The number of carbonyl (C=O) groups excluding carboxylic acids is 1. The second-order valence-corrected chi connectivity index (χ2v) is 5.81. The molecule has 1 heterocycles. The minimum atomic E-state index is -0.508. The van der Waals surface area contributed by atoms with Crippen LogP contribution in [0.5, 0.6) is 0 Å². The van der Waals surface area contributed by atoms with Crippen LogP contribution < -0.4 is 5.32 Å².